The number of nitrogen functional groups attached to an aromatic ring is 1. The van der Waals surface area contributed by atoms with E-state index >= 15 is 0 Å². The predicted octanol–water partition coefficient (Wildman–Crippen LogP) is 2.94. The number of ether oxygens (including phenoxy) is 3. The Morgan fingerprint density at radius 3 is 1.92 bits per heavy atom. The van der Waals surface area contributed by atoms with Gasteiger partial charge >= 0.3 is 0 Å². The van der Waals surface area contributed by atoms with Crippen LogP contribution in [0.4, 0.5) is 17.6 Å². The maximum atomic E-state index is 13.9. The molecule has 21 heteroatoms. The number of imidazole rings is 2. The van der Waals surface area contributed by atoms with Crippen LogP contribution in [0.25, 0.3) is 22.1 Å². The van der Waals surface area contributed by atoms with E-state index in [1.165, 1.54) is 23.9 Å². The monoisotopic (exact) mass is 876 g/mol. The number of amides is 4. The van der Waals surface area contributed by atoms with Crippen LogP contribution in [0.5, 0.6) is 11.5 Å². The number of rotatable bonds is 17. The van der Waals surface area contributed by atoms with Crippen molar-refractivity contribution in [2.45, 2.75) is 53.9 Å². The van der Waals surface area contributed by atoms with Crippen LogP contribution in [0.3, 0.4) is 0 Å². The Kier molecular flexibility index (Phi) is 12.1. The number of benzene rings is 2. The Hall–Kier alpha value is -7.26. The molecule has 0 unspecified atom stereocenters. The van der Waals surface area contributed by atoms with E-state index in [1.54, 1.807) is 38.9 Å². The van der Waals surface area contributed by atoms with Crippen LogP contribution in [-0.4, -0.2) is 114 Å². The Labute approximate surface area is 367 Å². The molecule has 0 saturated carbocycles. The summed E-state index contributed by atoms with van der Waals surface area (Å²) in [5.41, 5.74) is 21.8. The number of hydrogen-bond donors (Lipinski definition) is 5. The third-order valence-electron chi connectivity index (χ3n) is 11.7. The first-order valence-corrected chi connectivity index (χ1v) is 21.1. The van der Waals surface area contributed by atoms with E-state index < -0.39 is 23.6 Å². The highest BCUT2D eigenvalue weighted by Gasteiger charge is 2.37. The topological polar surface area (TPSA) is 273 Å². The third-order valence-corrected chi connectivity index (χ3v) is 11.7. The van der Waals surface area contributed by atoms with Crippen molar-refractivity contribution < 1.29 is 33.4 Å². The Morgan fingerprint density at radius 1 is 0.797 bits per heavy atom. The molecule has 0 radical (unpaired) electrons. The number of fused-ring (bicyclic) bond motifs is 3. The standard InChI is InChI=1S/C43H52N14O7/c1-6-56-31(14-23(3)51-56)40(60)49-42-48-30-16-26(39(46)59)18-33(64-13-12-53-19-27-21-63-22-28(27)20-53)36(30)55(42)11-9-8-10-54-35-29(15-25(38(45)58)17-32(35)62-5)47-43(54)50-41(61)37-34(44)24(4)52-57(37)7-2/h8-9,14-18,27-28H,6-7,10-13,19-22,44H2,1-5H3,(H2,45,58)(H2,46,59)(H,47,50,61)(H,48,49,60)/b9-8+/t27-,28+. The van der Waals surface area contributed by atoms with E-state index in [2.05, 4.69) is 25.7 Å². The van der Waals surface area contributed by atoms with Crippen molar-refractivity contribution in [3.8, 4) is 11.5 Å². The van der Waals surface area contributed by atoms with Gasteiger partial charge in [-0.15, -0.1) is 0 Å². The first-order chi connectivity index (χ1) is 30.8. The zero-order valence-corrected chi connectivity index (χ0v) is 36.4. The van der Waals surface area contributed by atoms with Crippen molar-refractivity contribution in [1.82, 2.24) is 43.6 Å². The predicted molar refractivity (Wildman–Crippen MR) is 238 cm³/mol. The van der Waals surface area contributed by atoms with E-state index in [0.717, 1.165) is 26.3 Å². The van der Waals surface area contributed by atoms with Crippen molar-refractivity contribution in [2.75, 3.05) is 62.9 Å². The minimum absolute atomic E-state index is 0.137. The van der Waals surface area contributed by atoms with Crippen molar-refractivity contribution >= 4 is 63.3 Å². The molecule has 4 amide bonds. The number of hydrogen-bond acceptors (Lipinski definition) is 13. The molecular formula is C43H52N14O7. The molecule has 0 spiro atoms. The van der Waals surface area contributed by atoms with Gasteiger partial charge in [0.15, 0.2) is 0 Å². The fraction of sp³-hybridized carbons (Fsp3) is 0.395. The Balaban J connectivity index is 1.15. The van der Waals surface area contributed by atoms with Crippen LogP contribution in [0.2, 0.25) is 0 Å². The Bertz CT molecular complexity index is 2820. The summed E-state index contributed by atoms with van der Waals surface area (Å²) in [4.78, 5) is 64.4. The van der Waals surface area contributed by atoms with Crippen LogP contribution in [0.15, 0.2) is 42.5 Å². The largest absolute Gasteiger partial charge is 0.494 e. The van der Waals surface area contributed by atoms with E-state index in [9.17, 15) is 19.2 Å². The van der Waals surface area contributed by atoms with Crippen molar-refractivity contribution in [3.05, 3.63) is 76.4 Å². The molecule has 2 saturated heterocycles. The maximum Gasteiger partial charge on any atom is 0.278 e. The van der Waals surface area contributed by atoms with Crippen LogP contribution in [0, 0.1) is 25.7 Å². The number of anilines is 3. The molecule has 2 aromatic carbocycles. The Morgan fingerprint density at radius 2 is 1.36 bits per heavy atom. The zero-order valence-electron chi connectivity index (χ0n) is 36.4. The molecular weight excluding hydrogens is 825 g/mol. The lowest BCUT2D eigenvalue weighted by molar-refractivity contribution is 0.0991. The summed E-state index contributed by atoms with van der Waals surface area (Å²) in [5.74, 6) is -0.310. The second kappa shape index (κ2) is 17.8. The normalized spacial score (nSPS) is 16.3. The molecule has 8 N–H and O–H groups in total. The summed E-state index contributed by atoms with van der Waals surface area (Å²) in [6.45, 7) is 12.8. The van der Waals surface area contributed by atoms with Crippen LogP contribution in [-0.2, 0) is 30.9 Å². The second-order valence-electron chi connectivity index (χ2n) is 15.9. The number of aryl methyl sites for hydroxylation is 4. The minimum Gasteiger partial charge on any atom is -0.494 e. The lowest BCUT2D eigenvalue weighted by atomic mass is 10.0. The number of nitrogens with zero attached hydrogens (tertiary/aromatic N) is 9. The van der Waals surface area contributed by atoms with E-state index in [4.69, 9.17) is 41.4 Å². The number of aromatic nitrogens is 8. The number of carbonyl (C=O) groups is 4. The molecule has 4 aromatic heterocycles. The fourth-order valence-electron chi connectivity index (χ4n) is 8.53. The van der Waals surface area contributed by atoms with Crippen LogP contribution >= 0.6 is 0 Å². The summed E-state index contributed by atoms with van der Waals surface area (Å²) >= 11 is 0. The number of primary amides is 2. The minimum atomic E-state index is -0.681. The second-order valence-corrected chi connectivity index (χ2v) is 15.9. The number of nitrogens with two attached hydrogens (primary N) is 3. The van der Waals surface area contributed by atoms with E-state index in [1.807, 2.05) is 32.9 Å². The molecule has 2 aliphatic rings. The average molecular weight is 877 g/mol. The van der Waals surface area contributed by atoms with Gasteiger partial charge in [0, 0.05) is 68.8 Å². The molecule has 0 aliphatic carbocycles. The van der Waals surface area contributed by atoms with Crippen molar-refractivity contribution in [3.63, 3.8) is 0 Å². The van der Waals surface area contributed by atoms with Gasteiger partial charge in [-0.05, 0) is 58.0 Å². The van der Waals surface area contributed by atoms with E-state index in [0.29, 0.717) is 88.7 Å². The summed E-state index contributed by atoms with van der Waals surface area (Å²) in [6.07, 6.45) is 3.69. The van der Waals surface area contributed by atoms with Gasteiger partial charge in [-0.1, -0.05) is 12.2 Å². The highest BCUT2D eigenvalue weighted by molar-refractivity contribution is 6.07. The summed E-state index contributed by atoms with van der Waals surface area (Å²) in [5, 5.41) is 14.7. The third kappa shape index (κ3) is 8.33. The zero-order chi connectivity index (χ0) is 45.4. The summed E-state index contributed by atoms with van der Waals surface area (Å²) in [6, 6.07) is 7.89. The maximum absolute atomic E-state index is 13.9. The molecule has 0 bridgehead atoms. The average Bonchev–Trinajstić information content (AvgIpc) is 4.12. The number of methoxy groups -OCH3 is 1. The first kappa shape index (κ1) is 43.4. The fourth-order valence-corrected chi connectivity index (χ4v) is 8.53. The SMILES string of the molecule is CCn1nc(C)cc1C(=O)Nc1nc2cc(C(N)=O)cc(OCCN3C[C@H]4COC[C@H]4C3)c2n1C/C=C/Cn1c(NC(=O)c2c(N)c(C)nn2CC)nc2cc(C(N)=O)cc(OC)c21. The highest BCUT2D eigenvalue weighted by Crippen LogP contribution is 2.34. The molecule has 21 nitrogen and oxygen atoms in total. The van der Waals surface area contributed by atoms with Gasteiger partial charge in [-0.2, -0.15) is 10.2 Å². The lowest BCUT2D eigenvalue weighted by Gasteiger charge is -2.18. The number of nitrogens with one attached hydrogen (secondary N) is 2. The smallest absolute Gasteiger partial charge is 0.278 e. The van der Waals surface area contributed by atoms with Gasteiger partial charge in [-0.25, -0.2) is 9.97 Å². The molecule has 2 atom stereocenters. The molecule has 2 fully saturated rings. The van der Waals surface area contributed by atoms with Crippen LogP contribution < -0.4 is 37.3 Å². The number of likely N-dealkylation sites (tertiary alicyclic amines) is 1. The molecule has 8 rings (SSSR count). The quantitative estimate of drug-likeness (QED) is 0.0826. The van der Waals surface area contributed by atoms with Crippen LogP contribution in [0.1, 0.15) is 66.9 Å². The molecule has 336 valence electrons. The van der Waals surface area contributed by atoms with Gasteiger partial charge in [0.05, 0.1) is 48.4 Å². The highest BCUT2D eigenvalue weighted by atomic mass is 16.5. The van der Waals surface area contributed by atoms with Gasteiger partial charge < -0.3 is 40.5 Å². The van der Waals surface area contributed by atoms with Crippen molar-refractivity contribution in [2.24, 2.45) is 23.3 Å². The van der Waals surface area contributed by atoms with Gasteiger partial charge in [0.2, 0.25) is 23.7 Å². The molecule has 2 aliphatic heterocycles. The number of carbonyl (C=O) groups excluding carboxylic acids is 4. The number of allylic oxidation sites excluding steroid dienone is 2. The lowest BCUT2D eigenvalue weighted by Crippen LogP contribution is -2.28. The summed E-state index contributed by atoms with van der Waals surface area (Å²) < 4.78 is 24.4. The molecule has 64 heavy (non-hydrogen) atoms. The van der Waals surface area contributed by atoms with Gasteiger partial charge in [0.1, 0.15) is 40.5 Å². The summed E-state index contributed by atoms with van der Waals surface area (Å²) in [7, 11) is 1.46. The molecule has 6 heterocycles. The van der Waals surface area contributed by atoms with Gasteiger partial charge in [-0.3, -0.25) is 44.1 Å². The molecule has 6 aromatic rings. The van der Waals surface area contributed by atoms with Gasteiger partial charge in [0.25, 0.3) is 11.8 Å². The first-order valence-electron chi connectivity index (χ1n) is 21.1. The van der Waals surface area contributed by atoms with E-state index in [-0.39, 0.29) is 47.5 Å². The van der Waals surface area contributed by atoms with Crippen molar-refractivity contribution in [1.29, 1.82) is 0 Å².